The molecule has 6 nitrogen and oxygen atoms in total. The lowest BCUT2D eigenvalue weighted by Gasteiger charge is -2.10. The summed E-state index contributed by atoms with van der Waals surface area (Å²) in [7, 11) is 1.63. The third kappa shape index (κ3) is 3.47. The van der Waals surface area contributed by atoms with Crippen molar-refractivity contribution >= 4 is 54.8 Å². The topological polar surface area (TPSA) is 76.1 Å². The Morgan fingerprint density at radius 1 is 1.00 bits per heavy atom. The summed E-state index contributed by atoms with van der Waals surface area (Å²) < 4.78 is 6.23. The quantitative estimate of drug-likeness (QED) is 0.367. The molecule has 0 fully saturated rings. The number of ether oxygens (including phenoxy) is 1. The maximum Gasteiger partial charge on any atom is 0.270 e. The maximum atomic E-state index is 13.0. The van der Waals surface area contributed by atoms with Gasteiger partial charge in [0, 0.05) is 5.39 Å². The minimum atomic E-state index is -0.247. The predicted octanol–water partition coefficient (Wildman–Crippen LogP) is 5.34. The van der Waals surface area contributed by atoms with Crippen LogP contribution in [0.5, 0.6) is 5.75 Å². The summed E-state index contributed by atoms with van der Waals surface area (Å²) >= 11 is 3.03. The lowest BCUT2D eigenvalue weighted by atomic mass is 10.1. The molecular weight excluding hydrogens is 416 g/mol. The fourth-order valence-corrected chi connectivity index (χ4v) is 4.71. The summed E-state index contributed by atoms with van der Waals surface area (Å²) in [5.41, 5.74) is 8.66. The van der Waals surface area contributed by atoms with Crippen LogP contribution in [0.4, 0.5) is 5.13 Å². The number of methoxy groups -OCH3 is 1. The molecule has 0 spiro atoms. The number of nitrogens with zero attached hydrogens (tertiary/aromatic N) is 2. The zero-order valence-corrected chi connectivity index (χ0v) is 17.5. The molecule has 3 aromatic heterocycles. The number of thiazole rings is 1. The third-order valence-corrected chi connectivity index (χ3v) is 6.44. The van der Waals surface area contributed by atoms with Crippen molar-refractivity contribution in [2.75, 3.05) is 12.5 Å². The number of amides is 1. The highest BCUT2D eigenvalue weighted by atomic mass is 32.1. The molecule has 0 atom stereocenters. The molecule has 0 bridgehead atoms. The molecule has 8 heteroatoms. The zero-order chi connectivity index (χ0) is 20.5. The van der Waals surface area contributed by atoms with Crippen molar-refractivity contribution in [3.05, 3.63) is 71.6 Å². The number of fused-ring (bicyclic) bond motifs is 2. The molecule has 3 heterocycles. The monoisotopic (exact) mass is 432 g/mol. The van der Waals surface area contributed by atoms with Crippen LogP contribution in [0.25, 0.3) is 31.7 Å². The Hall–Kier alpha value is -3.49. The van der Waals surface area contributed by atoms with E-state index in [1.807, 2.05) is 66.0 Å². The van der Waals surface area contributed by atoms with Gasteiger partial charge in [0.2, 0.25) is 5.13 Å². The molecule has 5 aromatic rings. The highest BCUT2D eigenvalue weighted by Gasteiger charge is 2.15. The molecule has 2 N–H and O–H groups in total. The van der Waals surface area contributed by atoms with Gasteiger partial charge < -0.3 is 4.74 Å². The van der Waals surface area contributed by atoms with Crippen LogP contribution in [0.3, 0.4) is 0 Å². The first-order valence-corrected chi connectivity index (χ1v) is 10.9. The van der Waals surface area contributed by atoms with E-state index >= 15 is 0 Å². The molecule has 0 radical (unpaired) electrons. The van der Waals surface area contributed by atoms with Crippen LogP contribution in [-0.2, 0) is 0 Å². The molecule has 5 rings (SSSR count). The number of rotatable bonds is 5. The van der Waals surface area contributed by atoms with Crippen LogP contribution in [0.1, 0.15) is 10.4 Å². The van der Waals surface area contributed by atoms with Gasteiger partial charge in [0.1, 0.15) is 5.75 Å². The van der Waals surface area contributed by atoms with Crippen LogP contribution < -0.4 is 15.6 Å². The number of nitrogens with one attached hydrogen (secondary N) is 2. The molecule has 30 heavy (non-hydrogen) atoms. The van der Waals surface area contributed by atoms with Crippen molar-refractivity contribution in [3.63, 3.8) is 0 Å². The van der Waals surface area contributed by atoms with Crippen LogP contribution in [-0.4, -0.2) is 23.0 Å². The van der Waals surface area contributed by atoms with E-state index in [-0.39, 0.29) is 5.91 Å². The summed E-state index contributed by atoms with van der Waals surface area (Å²) in [4.78, 5) is 23.3. The molecular formula is C22H16N4O2S2. The fourth-order valence-electron chi connectivity index (χ4n) is 3.18. The van der Waals surface area contributed by atoms with Crippen molar-refractivity contribution in [3.8, 4) is 16.3 Å². The van der Waals surface area contributed by atoms with Gasteiger partial charge in [-0.1, -0.05) is 35.6 Å². The molecule has 0 aliphatic carbocycles. The second-order valence-corrected chi connectivity index (χ2v) is 8.46. The first kappa shape index (κ1) is 18.5. The standard InChI is InChI=1S/C22H16N4O2S2/c1-28-13-8-9-17-20(11-13)30-22(24-17)26-25-21(27)15-12-18(19-7-4-10-29-19)23-16-6-3-2-5-14(15)16/h2-12H,1H3,(H,24,26)(H,25,27). The number of aromatic nitrogens is 2. The summed E-state index contributed by atoms with van der Waals surface area (Å²) in [5.74, 6) is 0.523. The molecule has 0 aliphatic heterocycles. The lowest BCUT2D eigenvalue weighted by molar-refractivity contribution is 0.0964. The van der Waals surface area contributed by atoms with Crippen molar-refractivity contribution in [1.29, 1.82) is 0 Å². The number of thiophene rings is 1. The van der Waals surface area contributed by atoms with E-state index < -0.39 is 0 Å². The number of anilines is 1. The van der Waals surface area contributed by atoms with Gasteiger partial charge in [-0.15, -0.1) is 11.3 Å². The molecule has 0 aliphatic rings. The van der Waals surface area contributed by atoms with Gasteiger partial charge in [0.15, 0.2) is 0 Å². The number of benzene rings is 2. The zero-order valence-electron chi connectivity index (χ0n) is 15.9. The molecule has 0 unspecified atom stereocenters. The number of hydrogen-bond donors (Lipinski definition) is 2. The number of hydrogen-bond acceptors (Lipinski definition) is 7. The first-order valence-electron chi connectivity index (χ1n) is 9.16. The van der Waals surface area contributed by atoms with Crippen molar-refractivity contribution < 1.29 is 9.53 Å². The van der Waals surface area contributed by atoms with E-state index in [0.717, 1.165) is 37.4 Å². The molecule has 2 aromatic carbocycles. The van der Waals surface area contributed by atoms with Gasteiger partial charge in [-0.05, 0) is 41.8 Å². The van der Waals surface area contributed by atoms with Crippen LogP contribution in [0.15, 0.2) is 66.0 Å². The molecule has 0 saturated carbocycles. The minimum Gasteiger partial charge on any atom is -0.497 e. The second-order valence-electron chi connectivity index (χ2n) is 6.48. The van der Waals surface area contributed by atoms with Gasteiger partial charge in [0.25, 0.3) is 5.91 Å². The highest BCUT2D eigenvalue weighted by molar-refractivity contribution is 7.22. The Kier molecular flexibility index (Phi) is 4.78. The largest absolute Gasteiger partial charge is 0.497 e. The van der Waals surface area contributed by atoms with Crippen LogP contribution in [0.2, 0.25) is 0 Å². The lowest BCUT2D eigenvalue weighted by Crippen LogP contribution is -2.29. The Balaban J connectivity index is 1.44. The number of hydrazine groups is 1. The van der Waals surface area contributed by atoms with Crippen molar-refractivity contribution in [2.45, 2.75) is 0 Å². The SMILES string of the molecule is COc1ccc2nc(NNC(=O)c3cc(-c4cccs4)nc4ccccc34)sc2c1. The predicted molar refractivity (Wildman–Crippen MR) is 122 cm³/mol. The summed E-state index contributed by atoms with van der Waals surface area (Å²) in [6, 6.07) is 19.1. The number of pyridine rings is 1. The van der Waals surface area contributed by atoms with Gasteiger partial charge >= 0.3 is 0 Å². The van der Waals surface area contributed by atoms with Gasteiger partial charge in [-0.25, -0.2) is 9.97 Å². The Labute approximate surface area is 180 Å². The highest BCUT2D eigenvalue weighted by Crippen LogP contribution is 2.30. The van der Waals surface area contributed by atoms with E-state index in [0.29, 0.717) is 10.7 Å². The van der Waals surface area contributed by atoms with Gasteiger partial charge in [0.05, 0.1) is 39.0 Å². The average Bonchev–Trinajstić information content (AvgIpc) is 3.46. The number of carbonyl (C=O) groups excluding carboxylic acids is 1. The summed E-state index contributed by atoms with van der Waals surface area (Å²) in [6.45, 7) is 0. The second kappa shape index (κ2) is 7.74. The average molecular weight is 433 g/mol. The molecule has 148 valence electrons. The normalized spacial score (nSPS) is 11.0. The van der Waals surface area contributed by atoms with Crippen LogP contribution >= 0.6 is 22.7 Å². The first-order chi connectivity index (χ1) is 14.7. The molecule has 1 amide bonds. The van der Waals surface area contributed by atoms with Gasteiger partial charge in [-0.2, -0.15) is 0 Å². The van der Waals surface area contributed by atoms with E-state index in [4.69, 9.17) is 9.72 Å². The van der Waals surface area contributed by atoms with E-state index in [1.54, 1.807) is 18.4 Å². The van der Waals surface area contributed by atoms with Crippen molar-refractivity contribution in [2.24, 2.45) is 0 Å². The fraction of sp³-hybridized carbons (Fsp3) is 0.0455. The number of para-hydroxylation sites is 1. The van der Waals surface area contributed by atoms with Gasteiger partial charge in [-0.3, -0.25) is 15.6 Å². The Morgan fingerprint density at radius 2 is 1.90 bits per heavy atom. The maximum absolute atomic E-state index is 13.0. The molecule has 0 saturated heterocycles. The van der Waals surface area contributed by atoms with E-state index in [9.17, 15) is 4.79 Å². The van der Waals surface area contributed by atoms with Crippen molar-refractivity contribution in [1.82, 2.24) is 15.4 Å². The summed E-state index contributed by atoms with van der Waals surface area (Å²) in [5, 5.41) is 3.39. The van der Waals surface area contributed by atoms with E-state index in [2.05, 4.69) is 15.8 Å². The Morgan fingerprint density at radius 3 is 2.73 bits per heavy atom. The van der Waals surface area contributed by atoms with E-state index in [1.165, 1.54) is 11.3 Å². The summed E-state index contributed by atoms with van der Waals surface area (Å²) in [6.07, 6.45) is 0. The smallest absolute Gasteiger partial charge is 0.270 e. The minimum absolute atomic E-state index is 0.247. The Bertz CT molecular complexity index is 1360. The third-order valence-electron chi connectivity index (χ3n) is 4.61. The van der Waals surface area contributed by atoms with Crippen LogP contribution in [0, 0.1) is 0 Å². The number of carbonyl (C=O) groups is 1.